The zero-order chi connectivity index (χ0) is 10.6. The van der Waals surface area contributed by atoms with E-state index in [-0.39, 0.29) is 5.88 Å². The Labute approximate surface area is 79.7 Å². The SMILES string of the molecule is CN(C)Nc1ccc(OC(F)F)nn1. The third-order valence-corrected chi connectivity index (χ3v) is 1.19. The summed E-state index contributed by atoms with van der Waals surface area (Å²) in [6, 6.07) is 2.80. The van der Waals surface area contributed by atoms with Gasteiger partial charge in [-0.25, -0.2) is 5.01 Å². The van der Waals surface area contributed by atoms with Gasteiger partial charge >= 0.3 is 6.61 Å². The Kier molecular flexibility index (Phi) is 3.52. The summed E-state index contributed by atoms with van der Waals surface area (Å²) in [5.74, 6) is 0.251. The third kappa shape index (κ3) is 3.48. The van der Waals surface area contributed by atoms with E-state index in [1.54, 1.807) is 19.1 Å². The quantitative estimate of drug-likeness (QED) is 0.740. The van der Waals surface area contributed by atoms with E-state index in [9.17, 15) is 8.78 Å². The standard InChI is InChI=1S/C7H10F2N4O/c1-13(2)12-5-3-4-6(11-10-5)14-7(8)9/h3-4,7H,1-2H3,(H,10,12). The summed E-state index contributed by atoms with van der Waals surface area (Å²) in [5, 5.41) is 8.69. The van der Waals surface area contributed by atoms with Gasteiger partial charge in [-0.05, 0) is 6.07 Å². The molecule has 0 radical (unpaired) electrons. The fourth-order valence-electron chi connectivity index (χ4n) is 0.763. The fourth-order valence-corrected chi connectivity index (χ4v) is 0.763. The van der Waals surface area contributed by atoms with Gasteiger partial charge in [0.05, 0.1) is 0 Å². The van der Waals surface area contributed by atoms with Crippen molar-refractivity contribution in [2.45, 2.75) is 6.61 Å². The summed E-state index contributed by atoms with van der Waals surface area (Å²) in [6.07, 6.45) is 0. The molecule has 78 valence electrons. The molecule has 7 heteroatoms. The number of alkyl halides is 2. The summed E-state index contributed by atoms with van der Waals surface area (Å²) in [4.78, 5) is 0. The van der Waals surface area contributed by atoms with Gasteiger partial charge in [0.2, 0.25) is 5.88 Å². The molecule has 14 heavy (non-hydrogen) atoms. The zero-order valence-electron chi connectivity index (χ0n) is 7.74. The number of hydrogen-bond donors (Lipinski definition) is 1. The van der Waals surface area contributed by atoms with Crippen LogP contribution >= 0.6 is 0 Å². The van der Waals surface area contributed by atoms with E-state index in [4.69, 9.17) is 0 Å². The summed E-state index contributed by atoms with van der Waals surface area (Å²) < 4.78 is 27.5. The molecular formula is C7H10F2N4O. The van der Waals surface area contributed by atoms with E-state index in [1.807, 2.05) is 0 Å². The summed E-state index contributed by atoms with van der Waals surface area (Å²) in [7, 11) is 3.54. The Hall–Kier alpha value is -1.50. The normalized spacial score (nSPS) is 10.7. The fraction of sp³-hybridized carbons (Fsp3) is 0.429. The Morgan fingerprint density at radius 3 is 2.50 bits per heavy atom. The Morgan fingerprint density at radius 1 is 1.36 bits per heavy atom. The lowest BCUT2D eigenvalue weighted by atomic mass is 10.5. The lowest BCUT2D eigenvalue weighted by Crippen LogP contribution is -2.20. The molecule has 0 aliphatic heterocycles. The monoisotopic (exact) mass is 204 g/mol. The minimum Gasteiger partial charge on any atom is -0.415 e. The number of nitrogens with zero attached hydrogens (tertiary/aromatic N) is 3. The minimum atomic E-state index is -2.88. The van der Waals surface area contributed by atoms with E-state index in [1.165, 1.54) is 12.1 Å². The topological polar surface area (TPSA) is 50.3 Å². The number of hydrogen-bond acceptors (Lipinski definition) is 5. The highest BCUT2D eigenvalue weighted by atomic mass is 19.3. The van der Waals surface area contributed by atoms with Crippen molar-refractivity contribution in [3.63, 3.8) is 0 Å². The third-order valence-electron chi connectivity index (χ3n) is 1.19. The maximum absolute atomic E-state index is 11.7. The molecule has 0 aliphatic rings. The Morgan fingerprint density at radius 2 is 2.07 bits per heavy atom. The number of rotatable bonds is 4. The van der Waals surface area contributed by atoms with Crippen LogP contribution < -0.4 is 10.2 Å². The van der Waals surface area contributed by atoms with Crippen LogP contribution in [0.25, 0.3) is 0 Å². The average Bonchev–Trinajstić information content (AvgIpc) is 2.06. The summed E-state index contributed by atoms with van der Waals surface area (Å²) in [5.41, 5.74) is 2.80. The van der Waals surface area contributed by atoms with Crippen molar-refractivity contribution >= 4 is 5.82 Å². The van der Waals surface area contributed by atoms with E-state index in [2.05, 4.69) is 20.4 Å². The predicted molar refractivity (Wildman–Crippen MR) is 46.0 cm³/mol. The zero-order valence-corrected chi connectivity index (χ0v) is 7.74. The van der Waals surface area contributed by atoms with Crippen molar-refractivity contribution in [1.82, 2.24) is 15.2 Å². The molecule has 0 saturated heterocycles. The molecule has 0 unspecified atom stereocenters. The first-order valence-electron chi connectivity index (χ1n) is 3.80. The molecule has 0 aromatic carbocycles. The van der Waals surface area contributed by atoms with Crippen LogP contribution in [0.15, 0.2) is 12.1 Å². The van der Waals surface area contributed by atoms with Crippen molar-refractivity contribution < 1.29 is 13.5 Å². The molecule has 0 bridgehead atoms. The second-order valence-corrected chi connectivity index (χ2v) is 2.64. The maximum Gasteiger partial charge on any atom is 0.388 e. The number of nitrogens with one attached hydrogen (secondary N) is 1. The number of aromatic nitrogens is 2. The first-order chi connectivity index (χ1) is 6.58. The van der Waals surface area contributed by atoms with Crippen LogP contribution in [0.5, 0.6) is 5.88 Å². The van der Waals surface area contributed by atoms with Gasteiger partial charge in [-0.2, -0.15) is 8.78 Å². The van der Waals surface area contributed by atoms with Crippen molar-refractivity contribution in [3.05, 3.63) is 12.1 Å². The van der Waals surface area contributed by atoms with Crippen LogP contribution in [0.1, 0.15) is 0 Å². The van der Waals surface area contributed by atoms with Gasteiger partial charge in [-0.1, -0.05) is 0 Å². The lowest BCUT2D eigenvalue weighted by molar-refractivity contribution is -0.0534. The van der Waals surface area contributed by atoms with Crippen LogP contribution in [0.2, 0.25) is 0 Å². The number of anilines is 1. The van der Waals surface area contributed by atoms with Crippen LogP contribution in [0.3, 0.4) is 0 Å². The van der Waals surface area contributed by atoms with Crippen LogP contribution in [-0.2, 0) is 0 Å². The van der Waals surface area contributed by atoms with Gasteiger partial charge in [-0.15, -0.1) is 10.2 Å². The summed E-state index contributed by atoms with van der Waals surface area (Å²) in [6.45, 7) is -2.88. The summed E-state index contributed by atoms with van der Waals surface area (Å²) >= 11 is 0. The van der Waals surface area contributed by atoms with E-state index in [0.29, 0.717) is 5.82 Å². The highest BCUT2D eigenvalue weighted by Crippen LogP contribution is 2.10. The number of halogens is 2. The lowest BCUT2D eigenvalue weighted by Gasteiger charge is -2.11. The van der Waals surface area contributed by atoms with Crippen molar-refractivity contribution in [3.8, 4) is 5.88 Å². The van der Waals surface area contributed by atoms with Crippen molar-refractivity contribution in [2.24, 2.45) is 0 Å². The van der Waals surface area contributed by atoms with Gasteiger partial charge in [0.15, 0.2) is 5.82 Å². The smallest absolute Gasteiger partial charge is 0.388 e. The molecule has 1 aromatic heterocycles. The van der Waals surface area contributed by atoms with Gasteiger partial charge < -0.3 is 10.2 Å². The molecule has 1 rings (SSSR count). The second kappa shape index (κ2) is 4.66. The molecule has 0 atom stereocenters. The van der Waals surface area contributed by atoms with Crippen LogP contribution in [0.4, 0.5) is 14.6 Å². The maximum atomic E-state index is 11.7. The Balaban J connectivity index is 2.59. The van der Waals surface area contributed by atoms with E-state index >= 15 is 0 Å². The van der Waals surface area contributed by atoms with Crippen molar-refractivity contribution in [2.75, 3.05) is 19.5 Å². The molecule has 0 spiro atoms. The highest BCUT2D eigenvalue weighted by molar-refractivity contribution is 5.32. The number of hydrazine groups is 1. The van der Waals surface area contributed by atoms with Gasteiger partial charge in [-0.3, -0.25) is 0 Å². The average molecular weight is 204 g/mol. The van der Waals surface area contributed by atoms with Crippen LogP contribution in [-0.4, -0.2) is 35.9 Å². The predicted octanol–water partition coefficient (Wildman–Crippen LogP) is 0.967. The molecule has 0 aliphatic carbocycles. The molecule has 1 heterocycles. The van der Waals surface area contributed by atoms with Gasteiger partial charge in [0.25, 0.3) is 0 Å². The second-order valence-electron chi connectivity index (χ2n) is 2.64. The molecule has 5 nitrogen and oxygen atoms in total. The highest BCUT2D eigenvalue weighted by Gasteiger charge is 2.05. The van der Waals surface area contributed by atoms with E-state index in [0.717, 1.165) is 0 Å². The van der Waals surface area contributed by atoms with Gasteiger partial charge in [0.1, 0.15) is 0 Å². The molecule has 1 aromatic rings. The largest absolute Gasteiger partial charge is 0.415 e. The molecule has 0 fully saturated rings. The first kappa shape index (κ1) is 10.6. The Bertz CT molecular complexity index is 249. The van der Waals surface area contributed by atoms with Crippen molar-refractivity contribution in [1.29, 1.82) is 0 Å². The minimum absolute atomic E-state index is 0.204. The van der Waals surface area contributed by atoms with Gasteiger partial charge in [0, 0.05) is 20.2 Å². The molecular weight excluding hydrogens is 194 g/mol. The first-order valence-corrected chi connectivity index (χ1v) is 3.80. The van der Waals surface area contributed by atoms with Crippen LogP contribution in [0, 0.1) is 0 Å². The molecule has 1 N–H and O–H groups in total. The van der Waals surface area contributed by atoms with E-state index < -0.39 is 6.61 Å². The number of ether oxygens (including phenoxy) is 1. The molecule has 0 amide bonds. The molecule has 0 saturated carbocycles.